The van der Waals surface area contributed by atoms with Gasteiger partial charge in [-0.25, -0.2) is 4.79 Å². The first kappa shape index (κ1) is 16.9. The second-order valence-corrected chi connectivity index (χ2v) is 8.32. The average Bonchev–Trinajstić information content (AvgIpc) is 3.10. The summed E-state index contributed by atoms with van der Waals surface area (Å²) in [5, 5.41) is 0. The summed E-state index contributed by atoms with van der Waals surface area (Å²) in [6.07, 6.45) is 0.421. The van der Waals surface area contributed by atoms with E-state index < -0.39 is 11.9 Å². The number of carbonyl (C=O) groups is 2. The summed E-state index contributed by atoms with van der Waals surface area (Å²) < 4.78 is 0.905. The maximum Gasteiger partial charge on any atom is 0.455 e. The second kappa shape index (κ2) is 6.31. The molecule has 4 rings (SSSR count). The van der Waals surface area contributed by atoms with Gasteiger partial charge in [-0.05, 0) is 24.7 Å². The standard InChI is InChI=1S/C17H20IN4O3/c1-19-6-7-20(10-15(19)18)12-3-2-11-9-21(16(23)13(11)8-12)14-4-5-22(25)17(14)24/h2-3,8,14-15H,4-7,9-10H2,1H3/q+1. The maximum absolute atomic E-state index is 12.8. The van der Waals surface area contributed by atoms with Crippen LogP contribution in [0, 0.1) is 4.91 Å². The molecule has 3 aliphatic rings. The van der Waals surface area contributed by atoms with Crippen LogP contribution < -0.4 is 4.90 Å². The molecule has 3 heterocycles. The summed E-state index contributed by atoms with van der Waals surface area (Å²) in [5.74, 6) is -0.626. The van der Waals surface area contributed by atoms with E-state index in [1.54, 1.807) is 4.90 Å². The molecule has 0 bridgehead atoms. The van der Waals surface area contributed by atoms with Gasteiger partial charge in [0, 0.05) is 48.8 Å². The summed E-state index contributed by atoms with van der Waals surface area (Å²) in [4.78, 5) is 42.4. The van der Waals surface area contributed by atoms with Crippen LogP contribution >= 0.6 is 22.6 Å². The van der Waals surface area contributed by atoms with Crippen molar-refractivity contribution < 1.29 is 14.3 Å². The molecule has 8 heteroatoms. The molecule has 2 unspecified atom stereocenters. The lowest BCUT2D eigenvalue weighted by atomic mass is 10.1. The number of carbonyl (C=O) groups excluding carboxylic acids is 2. The SMILES string of the molecule is CN1CCN(c2ccc3c(c2)C(=O)N(C2CC[N+](=O)C2=O)C3)CC1I. The Morgan fingerprint density at radius 3 is 2.72 bits per heavy atom. The van der Waals surface area contributed by atoms with Crippen molar-refractivity contribution in [2.75, 3.05) is 38.1 Å². The molecule has 25 heavy (non-hydrogen) atoms. The zero-order chi connectivity index (χ0) is 17.7. The molecular formula is C17H20IN4O3+. The van der Waals surface area contributed by atoms with Crippen LogP contribution in [0.2, 0.25) is 0 Å². The number of rotatable bonds is 2. The second-order valence-electron chi connectivity index (χ2n) is 6.88. The Hall–Kier alpha value is -1.55. The monoisotopic (exact) mass is 455 g/mol. The molecule has 132 valence electrons. The number of hydrogen-bond acceptors (Lipinski definition) is 5. The molecule has 3 aliphatic heterocycles. The van der Waals surface area contributed by atoms with Crippen molar-refractivity contribution in [3.63, 3.8) is 0 Å². The third-order valence-electron chi connectivity index (χ3n) is 5.38. The van der Waals surface area contributed by atoms with Gasteiger partial charge in [-0.15, -0.1) is 0 Å². The molecule has 0 aromatic heterocycles. The van der Waals surface area contributed by atoms with Crippen molar-refractivity contribution >= 4 is 40.1 Å². The number of fused-ring (bicyclic) bond motifs is 1. The van der Waals surface area contributed by atoms with Gasteiger partial charge >= 0.3 is 5.91 Å². The highest BCUT2D eigenvalue weighted by Crippen LogP contribution is 2.31. The summed E-state index contributed by atoms with van der Waals surface area (Å²) in [7, 11) is 2.12. The van der Waals surface area contributed by atoms with Crippen LogP contribution in [0.4, 0.5) is 5.69 Å². The van der Waals surface area contributed by atoms with Crippen LogP contribution in [0.25, 0.3) is 0 Å². The van der Waals surface area contributed by atoms with E-state index in [0.717, 1.165) is 30.9 Å². The zero-order valence-electron chi connectivity index (χ0n) is 14.0. The molecule has 0 aliphatic carbocycles. The van der Waals surface area contributed by atoms with Gasteiger partial charge in [0.05, 0.1) is 8.81 Å². The lowest BCUT2D eigenvalue weighted by Gasteiger charge is -2.38. The number of nitroso groups, excluding NO2 is 1. The fraction of sp³-hybridized carbons (Fsp3) is 0.529. The Kier molecular flexibility index (Phi) is 4.27. The van der Waals surface area contributed by atoms with Crippen LogP contribution in [0.5, 0.6) is 0 Å². The largest absolute Gasteiger partial charge is 0.455 e. The Morgan fingerprint density at radius 1 is 1.24 bits per heavy atom. The highest BCUT2D eigenvalue weighted by Gasteiger charge is 2.48. The third-order valence-corrected chi connectivity index (χ3v) is 6.72. The van der Waals surface area contributed by atoms with E-state index in [-0.39, 0.29) is 12.5 Å². The molecule has 0 radical (unpaired) electrons. The highest BCUT2D eigenvalue weighted by atomic mass is 127. The Morgan fingerprint density at radius 2 is 2.04 bits per heavy atom. The lowest BCUT2D eigenvalue weighted by Crippen LogP contribution is -2.48. The molecule has 0 N–H and O–H groups in total. The smallest absolute Gasteiger partial charge is 0.368 e. The zero-order valence-corrected chi connectivity index (χ0v) is 16.2. The van der Waals surface area contributed by atoms with Crippen molar-refractivity contribution in [2.24, 2.45) is 0 Å². The molecule has 2 amide bonds. The van der Waals surface area contributed by atoms with Gasteiger partial charge in [0.1, 0.15) is 0 Å². The van der Waals surface area contributed by atoms with E-state index in [0.29, 0.717) is 27.3 Å². The number of likely N-dealkylation sites (N-methyl/N-ethyl adjacent to an activating group) is 1. The molecule has 1 aromatic rings. The first-order chi connectivity index (χ1) is 12.0. The lowest BCUT2D eigenvalue weighted by molar-refractivity contribution is -0.454. The Labute approximate surface area is 159 Å². The van der Waals surface area contributed by atoms with Gasteiger partial charge in [0.25, 0.3) is 5.91 Å². The fourth-order valence-electron chi connectivity index (χ4n) is 3.75. The molecule has 2 fully saturated rings. The highest BCUT2D eigenvalue weighted by molar-refractivity contribution is 14.1. The van der Waals surface area contributed by atoms with E-state index in [4.69, 9.17) is 0 Å². The number of hydrogen-bond donors (Lipinski definition) is 0. The Balaban J connectivity index is 1.56. The van der Waals surface area contributed by atoms with Gasteiger partial charge in [-0.2, -0.15) is 0 Å². The van der Waals surface area contributed by atoms with Crippen molar-refractivity contribution in [3.05, 3.63) is 34.2 Å². The van der Waals surface area contributed by atoms with E-state index in [2.05, 4.69) is 45.5 Å². The van der Waals surface area contributed by atoms with E-state index in [1.807, 2.05) is 12.1 Å². The number of piperazine rings is 1. The fourth-order valence-corrected chi connectivity index (χ4v) is 4.51. The van der Waals surface area contributed by atoms with Gasteiger partial charge in [0.15, 0.2) is 6.04 Å². The minimum atomic E-state index is -0.608. The Bertz CT molecular complexity index is 768. The number of halogens is 1. The van der Waals surface area contributed by atoms with Crippen LogP contribution in [0.15, 0.2) is 18.2 Å². The average molecular weight is 455 g/mol. The molecule has 0 saturated carbocycles. The van der Waals surface area contributed by atoms with Crippen molar-refractivity contribution in [2.45, 2.75) is 23.1 Å². The molecule has 0 spiro atoms. The summed E-state index contributed by atoms with van der Waals surface area (Å²) in [6.45, 7) is 3.42. The van der Waals surface area contributed by atoms with E-state index in [9.17, 15) is 14.5 Å². The number of alkyl halides is 1. The van der Waals surface area contributed by atoms with Gasteiger partial charge < -0.3 is 9.80 Å². The van der Waals surface area contributed by atoms with Crippen molar-refractivity contribution in [1.29, 1.82) is 0 Å². The van der Waals surface area contributed by atoms with Crippen LogP contribution in [0.1, 0.15) is 22.3 Å². The number of amides is 2. The summed E-state index contributed by atoms with van der Waals surface area (Å²) in [5.41, 5.74) is 2.65. The first-order valence-electron chi connectivity index (χ1n) is 8.47. The summed E-state index contributed by atoms with van der Waals surface area (Å²) in [6, 6.07) is 5.38. The first-order valence-corrected chi connectivity index (χ1v) is 9.72. The van der Waals surface area contributed by atoms with Gasteiger partial charge in [-0.3, -0.25) is 9.69 Å². The maximum atomic E-state index is 12.8. The third kappa shape index (κ3) is 2.84. The minimum Gasteiger partial charge on any atom is -0.368 e. The molecule has 1 aromatic carbocycles. The number of benzene rings is 1. The van der Waals surface area contributed by atoms with Gasteiger partial charge in [-0.1, -0.05) is 28.7 Å². The predicted octanol–water partition coefficient (Wildman–Crippen LogP) is 1.23. The minimum absolute atomic E-state index is 0.134. The van der Waals surface area contributed by atoms with E-state index >= 15 is 0 Å². The summed E-state index contributed by atoms with van der Waals surface area (Å²) >= 11 is 2.44. The predicted molar refractivity (Wildman–Crippen MR) is 101 cm³/mol. The molecule has 7 nitrogen and oxygen atoms in total. The normalized spacial score (nSPS) is 27.4. The van der Waals surface area contributed by atoms with Crippen molar-refractivity contribution in [1.82, 2.24) is 9.80 Å². The molecule has 2 saturated heterocycles. The number of nitrogens with zero attached hydrogens (tertiary/aromatic N) is 4. The van der Waals surface area contributed by atoms with Crippen LogP contribution in [0.3, 0.4) is 0 Å². The van der Waals surface area contributed by atoms with E-state index in [1.165, 1.54) is 0 Å². The topological polar surface area (TPSA) is 63.9 Å². The van der Waals surface area contributed by atoms with Crippen molar-refractivity contribution in [3.8, 4) is 0 Å². The quantitative estimate of drug-likeness (QED) is 0.291. The number of anilines is 1. The molecular weight excluding hydrogens is 435 g/mol. The van der Waals surface area contributed by atoms with Crippen LogP contribution in [-0.4, -0.2) is 69.7 Å². The van der Waals surface area contributed by atoms with Gasteiger partial charge in [0.2, 0.25) is 6.54 Å². The molecule has 2 atom stereocenters. The van der Waals surface area contributed by atoms with Crippen LogP contribution in [-0.2, 0) is 11.3 Å².